The highest BCUT2D eigenvalue weighted by Gasteiger charge is 2.23. The molecule has 102 valence electrons. The Labute approximate surface area is 108 Å². The number of sulfonamides is 1. The second-order valence-electron chi connectivity index (χ2n) is 4.85. The SMILES string of the molecule is Cc1nn(C)cc1CN1CCN(S(C)(=O)=O)CC1. The van der Waals surface area contributed by atoms with E-state index in [0.29, 0.717) is 13.1 Å². The first-order chi connectivity index (χ1) is 8.36. The van der Waals surface area contributed by atoms with Crippen LogP contribution in [-0.2, 0) is 23.6 Å². The highest BCUT2D eigenvalue weighted by atomic mass is 32.2. The number of rotatable bonds is 3. The molecular weight excluding hydrogens is 252 g/mol. The van der Waals surface area contributed by atoms with Gasteiger partial charge in [0.15, 0.2) is 0 Å². The molecule has 2 rings (SSSR count). The van der Waals surface area contributed by atoms with Crippen molar-refractivity contribution in [3.05, 3.63) is 17.5 Å². The smallest absolute Gasteiger partial charge is 0.211 e. The van der Waals surface area contributed by atoms with Crippen LogP contribution >= 0.6 is 0 Å². The summed E-state index contributed by atoms with van der Waals surface area (Å²) in [6.07, 6.45) is 3.30. The van der Waals surface area contributed by atoms with Crippen molar-refractivity contribution in [3.8, 4) is 0 Å². The van der Waals surface area contributed by atoms with Gasteiger partial charge in [-0.3, -0.25) is 9.58 Å². The summed E-state index contributed by atoms with van der Waals surface area (Å²) in [6.45, 7) is 5.57. The molecule has 6 nitrogen and oxygen atoms in total. The predicted octanol–water partition coefficient (Wildman–Crippen LogP) is -0.194. The molecule has 0 aliphatic carbocycles. The Morgan fingerprint density at radius 1 is 1.28 bits per heavy atom. The molecule has 0 unspecified atom stereocenters. The molecule has 18 heavy (non-hydrogen) atoms. The highest BCUT2D eigenvalue weighted by molar-refractivity contribution is 7.88. The van der Waals surface area contributed by atoms with Crippen molar-refractivity contribution in [1.29, 1.82) is 0 Å². The van der Waals surface area contributed by atoms with Crippen LogP contribution in [0, 0.1) is 6.92 Å². The van der Waals surface area contributed by atoms with Crippen LogP contribution in [0.25, 0.3) is 0 Å². The molecule has 1 fully saturated rings. The van der Waals surface area contributed by atoms with E-state index in [1.54, 1.807) is 4.31 Å². The Hall–Kier alpha value is -0.920. The lowest BCUT2D eigenvalue weighted by Crippen LogP contribution is -2.47. The molecule has 0 aromatic carbocycles. The maximum atomic E-state index is 11.4. The van der Waals surface area contributed by atoms with Crippen molar-refractivity contribution in [2.75, 3.05) is 32.4 Å². The van der Waals surface area contributed by atoms with Gasteiger partial charge in [0.05, 0.1) is 11.9 Å². The Kier molecular flexibility index (Phi) is 3.74. The van der Waals surface area contributed by atoms with E-state index in [2.05, 4.69) is 10.00 Å². The number of hydrogen-bond donors (Lipinski definition) is 0. The Balaban J connectivity index is 1.93. The maximum absolute atomic E-state index is 11.4. The Bertz CT molecular complexity index is 515. The molecule has 0 saturated carbocycles. The second kappa shape index (κ2) is 4.99. The van der Waals surface area contributed by atoms with Gasteiger partial charge in [-0.25, -0.2) is 8.42 Å². The minimum absolute atomic E-state index is 0.581. The van der Waals surface area contributed by atoms with Gasteiger partial charge in [-0.2, -0.15) is 9.40 Å². The standard InChI is InChI=1S/C11H20N4O2S/c1-10-11(8-13(2)12-10)9-14-4-6-15(7-5-14)18(3,16)17/h8H,4-7,9H2,1-3H3. The predicted molar refractivity (Wildman–Crippen MR) is 69.6 cm³/mol. The molecule has 1 saturated heterocycles. The van der Waals surface area contributed by atoms with Gasteiger partial charge in [-0.15, -0.1) is 0 Å². The highest BCUT2D eigenvalue weighted by Crippen LogP contribution is 2.12. The number of piperazine rings is 1. The zero-order valence-electron chi connectivity index (χ0n) is 11.1. The Morgan fingerprint density at radius 3 is 2.33 bits per heavy atom. The number of aryl methyl sites for hydroxylation is 2. The van der Waals surface area contributed by atoms with E-state index in [-0.39, 0.29) is 0 Å². The molecule has 0 atom stereocenters. The third-order valence-electron chi connectivity index (χ3n) is 3.31. The molecule has 0 radical (unpaired) electrons. The van der Waals surface area contributed by atoms with Crippen molar-refractivity contribution in [2.45, 2.75) is 13.5 Å². The van der Waals surface area contributed by atoms with E-state index in [1.807, 2.05) is 24.9 Å². The van der Waals surface area contributed by atoms with Gasteiger partial charge in [0.25, 0.3) is 0 Å². The third-order valence-corrected chi connectivity index (χ3v) is 4.61. The average molecular weight is 272 g/mol. The lowest BCUT2D eigenvalue weighted by molar-refractivity contribution is 0.182. The van der Waals surface area contributed by atoms with Gasteiger partial charge in [0, 0.05) is 51.5 Å². The van der Waals surface area contributed by atoms with E-state index >= 15 is 0 Å². The van der Waals surface area contributed by atoms with Crippen LogP contribution in [0.2, 0.25) is 0 Å². The van der Waals surface area contributed by atoms with Crippen LogP contribution < -0.4 is 0 Å². The summed E-state index contributed by atoms with van der Waals surface area (Å²) in [4.78, 5) is 2.27. The first-order valence-electron chi connectivity index (χ1n) is 6.03. The number of hydrogen-bond acceptors (Lipinski definition) is 4. The summed E-state index contributed by atoms with van der Waals surface area (Å²) in [7, 11) is -1.12. The Morgan fingerprint density at radius 2 is 1.89 bits per heavy atom. The fourth-order valence-electron chi connectivity index (χ4n) is 2.26. The monoisotopic (exact) mass is 272 g/mol. The van der Waals surface area contributed by atoms with Crippen LogP contribution in [0.4, 0.5) is 0 Å². The molecule has 7 heteroatoms. The van der Waals surface area contributed by atoms with E-state index in [1.165, 1.54) is 11.8 Å². The molecule has 1 aliphatic heterocycles. The topological polar surface area (TPSA) is 58.4 Å². The van der Waals surface area contributed by atoms with Crippen LogP contribution in [-0.4, -0.2) is 59.8 Å². The van der Waals surface area contributed by atoms with Gasteiger partial charge >= 0.3 is 0 Å². The van der Waals surface area contributed by atoms with E-state index in [4.69, 9.17) is 0 Å². The molecular formula is C11H20N4O2S. The number of aromatic nitrogens is 2. The normalized spacial score (nSPS) is 19.3. The lowest BCUT2D eigenvalue weighted by atomic mass is 10.2. The minimum atomic E-state index is -3.04. The van der Waals surface area contributed by atoms with E-state index in [9.17, 15) is 8.42 Å². The molecule has 0 spiro atoms. The van der Waals surface area contributed by atoms with Gasteiger partial charge in [-0.1, -0.05) is 0 Å². The van der Waals surface area contributed by atoms with Gasteiger partial charge in [-0.05, 0) is 6.92 Å². The average Bonchev–Trinajstić information content (AvgIpc) is 2.57. The second-order valence-corrected chi connectivity index (χ2v) is 6.83. The molecule has 0 amide bonds. The van der Waals surface area contributed by atoms with Crippen LogP contribution in [0.5, 0.6) is 0 Å². The summed E-state index contributed by atoms with van der Waals surface area (Å²) in [5.41, 5.74) is 2.26. The van der Waals surface area contributed by atoms with Crippen LogP contribution in [0.1, 0.15) is 11.3 Å². The van der Waals surface area contributed by atoms with Crippen molar-refractivity contribution >= 4 is 10.0 Å². The van der Waals surface area contributed by atoms with E-state index in [0.717, 1.165) is 25.3 Å². The molecule has 1 aromatic rings. The van der Waals surface area contributed by atoms with Gasteiger partial charge in [0.1, 0.15) is 0 Å². The molecule has 1 aromatic heterocycles. The summed E-state index contributed by atoms with van der Waals surface area (Å²) in [6, 6.07) is 0. The third kappa shape index (κ3) is 3.09. The van der Waals surface area contributed by atoms with Gasteiger partial charge in [0.2, 0.25) is 10.0 Å². The lowest BCUT2D eigenvalue weighted by Gasteiger charge is -2.33. The first kappa shape index (κ1) is 13.5. The molecule has 0 N–H and O–H groups in total. The summed E-state index contributed by atoms with van der Waals surface area (Å²) < 4.78 is 26.2. The van der Waals surface area contributed by atoms with Crippen LogP contribution in [0.3, 0.4) is 0 Å². The first-order valence-corrected chi connectivity index (χ1v) is 7.87. The molecule has 0 bridgehead atoms. The minimum Gasteiger partial charge on any atom is -0.296 e. The van der Waals surface area contributed by atoms with E-state index < -0.39 is 10.0 Å². The summed E-state index contributed by atoms with van der Waals surface area (Å²) in [5, 5.41) is 4.31. The molecule has 2 heterocycles. The van der Waals surface area contributed by atoms with Crippen molar-refractivity contribution < 1.29 is 8.42 Å². The van der Waals surface area contributed by atoms with Crippen molar-refractivity contribution in [1.82, 2.24) is 19.0 Å². The van der Waals surface area contributed by atoms with Crippen molar-refractivity contribution in [3.63, 3.8) is 0 Å². The molecule has 1 aliphatic rings. The maximum Gasteiger partial charge on any atom is 0.211 e. The van der Waals surface area contributed by atoms with Crippen LogP contribution in [0.15, 0.2) is 6.20 Å². The zero-order valence-corrected chi connectivity index (χ0v) is 11.9. The quantitative estimate of drug-likeness (QED) is 0.765. The number of nitrogens with zero attached hydrogens (tertiary/aromatic N) is 4. The zero-order chi connectivity index (χ0) is 13.3. The van der Waals surface area contributed by atoms with Gasteiger partial charge < -0.3 is 0 Å². The fraction of sp³-hybridized carbons (Fsp3) is 0.727. The summed E-state index contributed by atoms with van der Waals surface area (Å²) in [5.74, 6) is 0. The summed E-state index contributed by atoms with van der Waals surface area (Å²) >= 11 is 0. The van der Waals surface area contributed by atoms with Crippen molar-refractivity contribution in [2.24, 2.45) is 7.05 Å². The largest absolute Gasteiger partial charge is 0.296 e. The fourth-order valence-corrected chi connectivity index (χ4v) is 3.09.